The van der Waals surface area contributed by atoms with Crippen LogP contribution in [0.15, 0.2) is 48.8 Å². The molecule has 0 bridgehead atoms. The van der Waals surface area contributed by atoms with Crippen LogP contribution in [0.1, 0.15) is 38.3 Å². The highest BCUT2D eigenvalue weighted by molar-refractivity contribution is 7.85. The van der Waals surface area contributed by atoms with Crippen molar-refractivity contribution in [3.63, 3.8) is 0 Å². The van der Waals surface area contributed by atoms with Crippen LogP contribution in [0.4, 0.5) is 8.78 Å². The number of halogens is 3. The topological polar surface area (TPSA) is 143 Å². The van der Waals surface area contributed by atoms with E-state index in [4.69, 9.17) is 21.9 Å². The highest BCUT2D eigenvalue weighted by atomic mass is 35.5. The number of benzene rings is 2. The third-order valence-electron chi connectivity index (χ3n) is 5.61. The summed E-state index contributed by atoms with van der Waals surface area (Å²) in [5.41, 5.74) is 3.55. The van der Waals surface area contributed by atoms with Crippen molar-refractivity contribution in [2.45, 2.75) is 12.8 Å². The summed E-state index contributed by atoms with van der Waals surface area (Å²) >= 11 is 5.94. The summed E-state index contributed by atoms with van der Waals surface area (Å²) in [5.74, 6) is -5.78. The Morgan fingerprint density at radius 1 is 1.08 bits per heavy atom. The molecule has 0 saturated carbocycles. The van der Waals surface area contributed by atoms with Crippen LogP contribution < -0.4 is 5.73 Å². The maximum absolute atomic E-state index is 16.1. The molecule has 0 radical (unpaired) electrons. The molecule has 36 heavy (non-hydrogen) atoms. The van der Waals surface area contributed by atoms with Crippen LogP contribution in [0.25, 0.3) is 22.2 Å². The molecule has 186 valence electrons. The van der Waals surface area contributed by atoms with Crippen LogP contribution >= 0.6 is 11.6 Å². The zero-order chi connectivity index (χ0) is 26.2. The van der Waals surface area contributed by atoms with Gasteiger partial charge in [0.1, 0.15) is 17.3 Å². The lowest BCUT2D eigenvalue weighted by atomic mass is 9.86. The van der Waals surface area contributed by atoms with E-state index < -0.39 is 50.3 Å². The predicted octanol–water partition coefficient (Wildman–Crippen LogP) is 4.31. The van der Waals surface area contributed by atoms with E-state index in [-0.39, 0.29) is 35.1 Å². The molecular formula is C24H18ClF2N3O5S. The first-order chi connectivity index (χ1) is 17.0. The number of hydrogen-bond donors (Lipinski definition) is 3. The average Bonchev–Trinajstić information content (AvgIpc) is 3.23. The molecule has 2 aromatic heterocycles. The summed E-state index contributed by atoms with van der Waals surface area (Å²) in [6, 6.07) is 8.75. The number of aromatic amines is 1. The number of pyridine rings is 1. The molecule has 0 aliphatic carbocycles. The van der Waals surface area contributed by atoms with Gasteiger partial charge in [0.25, 0.3) is 16.0 Å². The lowest BCUT2D eigenvalue weighted by Crippen LogP contribution is -2.22. The first-order valence-electron chi connectivity index (χ1n) is 10.5. The minimum Gasteiger partial charge on any atom is -0.365 e. The van der Waals surface area contributed by atoms with Gasteiger partial charge in [0.2, 0.25) is 5.78 Å². The Balaban J connectivity index is 2.00. The summed E-state index contributed by atoms with van der Waals surface area (Å²) in [5, 5.41) is 0.624. The maximum atomic E-state index is 16.1. The number of rotatable bonds is 8. The molecule has 0 aliphatic rings. The number of H-pyrrole nitrogens is 1. The molecule has 0 unspecified atom stereocenters. The molecule has 2 aromatic carbocycles. The van der Waals surface area contributed by atoms with Crippen molar-refractivity contribution < 1.29 is 31.3 Å². The molecule has 4 aromatic rings. The Labute approximate surface area is 208 Å². The normalized spacial score (nSPS) is 11.7. The Morgan fingerprint density at radius 2 is 1.78 bits per heavy atom. The van der Waals surface area contributed by atoms with Crippen molar-refractivity contribution in [1.29, 1.82) is 0 Å². The molecule has 12 heteroatoms. The lowest BCUT2D eigenvalue weighted by Gasteiger charge is -2.19. The molecular weight excluding hydrogens is 516 g/mol. The number of nitrogens with zero attached hydrogens (tertiary/aromatic N) is 1. The first kappa shape index (κ1) is 25.4. The number of ketones is 1. The van der Waals surface area contributed by atoms with Gasteiger partial charge in [-0.25, -0.2) is 13.8 Å². The van der Waals surface area contributed by atoms with Gasteiger partial charge in [-0.3, -0.25) is 14.1 Å². The van der Waals surface area contributed by atoms with Crippen molar-refractivity contribution in [2.75, 3.05) is 5.75 Å². The Hall–Kier alpha value is -3.67. The molecule has 0 spiro atoms. The van der Waals surface area contributed by atoms with E-state index in [0.717, 1.165) is 0 Å². The number of amides is 1. The second-order valence-electron chi connectivity index (χ2n) is 7.92. The van der Waals surface area contributed by atoms with Crippen LogP contribution in [0.2, 0.25) is 5.02 Å². The van der Waals surface area contributed by atoms with E-state index in [9.17, 15) is 18.0 Å². The number of nitrogens with two attached hydrogens (primary N) is 1. The van der Waals surface area contributed by atoms with Gasteiger partial charge < -0.3 is 10.7 Å². The monoisotopic (exact) mass is 533 g/mol. The Bertz CT molecular complexity index is 1620. The molecule has 4 N–H and O–H groups in total. The molecule has 4 rings (SSSR count). The van der Waals surface area contributed by atoms with Crippen LogP contribution in [0.3, 0.4) is 0 Å². The number of aromatic nitrogens is 2. The van der Waals surface area contributed by atoms with Gasteiger partial charge in [-0.15, -0.1) is 0 Å². The number of carbonyl (C=O) groups excluding carboxylic acids is 2. The van der Waals surface area contributed by atoms with Gasteiger partial charge in [0.05, 0.1) is 16.9 Å². The second-order valence-corrected chi connectivity index (χ2v) is 9.93. The van der Waals surface area contributed by atoms with Gasteiger partial charge in [0.15, 0.2) is 0 Å². The highest BCUT2D eigenvalue weighted by Gasteiger charge is 2.32. The fourth-order valence-electron chi connectivity index (χ4n) is 4.07. The molecule has 0 atom stereocenters. The van der Waals surface area contributed by atoms with E-state index >= 15 is 8.78 Å². The molecule has 0 aliphatic heterocycles. The summed E-state index contributed by atoms with van der Waals surface area (Å²) in [4.78, 5) is 32.6. The Kier molecular flexibility index (Phi) is 6.90. The summed E-state index contributed by atoms with van der Waals surface area (Å²) in [7, 11) is -4.39. The molecule has 8 nitrogen and oxygen atoms in total. The van der Waals surface area contributed by atoms with Crippen LogP contribution in [0, 0.1) is 11.6 Å². The SMILES string of the molecule is NC(=O)c1c(F)c(C(=O)c2c[nH]c3ncccc23)c(F)c(-c2ccc(Cl)cc2)c1CCCS(=O)(=O)O. The van der Waals surface area contributed by atoms with Gasteiger partial charge in [0, 0.05) is 33.9 Å². The average molecular weight is 534 g/mol. The van der Waals surface area contributed by atoms with E-state index in [2.05, 4.69) is 9.97 Å². The first-order valence-corrected chi connectivity index (χ1v) is 12.5. The summed E-state index contributed by atoms with van der Waals surface area (Å²) in [6.07, 6.45) is 2.11. The fourth-order valence-corrected chi connectivity index (χ4v) is 4.70. The van der Waals surface area contributed by atoms with E-state index in [1.165, 1.54) is 36.7 Å². The number of hydrogen-bond acceptors (Lipinski definition) is 5. The molecule has 0 fully saturated rings. The zero-order valence-electron chi connectivity index (χ0n) is 18.4. The van der Waals surface area contributed by atoms with Gasteiger partial charge in [-0.05, 0) is 48.2 Å². The van der Waals surface area contributed by atoms with Crippen LogP contribution in [-0.4, -0.2) is 40.4 Å². The standard InChI is InChI=1S/C24H18ClF2N3O5S/c25-13-7-5-12(6-8-13)17-15(4-2-10-36(33,34)35)18(23(28)32)21(27)19(20(17)26)22(31)16-11-30-24-14(16)3-1-9-29-24/h1,3,5-9,11H,2,4,10H2,(H2,28,32)(H,29,30)(H,33,34,35). The fraction of sp³-hybridized carbons (Fsp3) is 0.125. The molecule has 2 heterocycles. The lowest BCUT2D eigenvalue weighted by molar-refractivity contribution is 0.0995. The van der Waals surface area contributed by atoms with Crippen molar-refractivity contribution >= 4 is 44.4 Å². The van der Waals surface area contributed by atoms with E-state index in [1.807, 2.05) is 0 Å². The zero-order valence-corrected chi connectivity index (χ0v) is 20.0. The second kappa shape index (κ2) is 9.76. The van der Waals surface area contributed by atoms with E-state index in [1.54, 1.807) is 12.1 Å². The minimum absolute atomic E-state index is 0.0764. The van der Waals surface area contributed by atoms with Crippen molar-refractivity contribution in [1.82, 2.24) is 9.97 Å². The van der Waals surface area contributed by atoms with Gasteiger partial charge in [-0.1, -0.05) is 23.7 Å². The smallest absolute Gasteiger partial charge is 0.264 e. The number of fused-ring (bicyclic) bond motifs is 1. The highest BCUT2D eigenvalue weighted by Crippen LogP contribution is 2.37. The van der Waals surface area contributed by atoms with Crippen LogP contribution in [-0.2, 0) is 16.5 Å². The van der Waals surface area contributed by atoms with Crippen molar-refractivity contribution in [2.24, 2.45) is 5.73 Å². The Morgan fingerprint density at radius 3 is 2.42 bits per heavy atom. The number of carbonyl (C=O) groups is 2. The van der Waals surface area contributed by atoms with E-state index in [0.29, 0.717) is 16.1 Å². The molecule has 0 saturated heterocycles. The predicted molar refractivity (Wildman–Crippen MR) is 130 cm³/mol. The quantitative estimate of drug-likeness (QED) is 0.227. The number of nitrogens with one attached hydrogen (secondary N) is 1. The third-order valence-corrected chi connectivity index (χ3v) is 6.67. The van der Waals surface area contributed by atoms with Gasteiger partial charge in [-0.2, -0.15) is 8.42 Å². The summed E-state index contributed by atoms with van der Waals surface area (Å²) < 4.78 is 63.3. The van der Waals surface area contributed by atoms with Gasteiger partial charge >= 0.3 is 0 Å². The summed E-state index contributed by atoms with van der Waals surface area (Å²) in [6.45, 7) is 0. The van der Waals surface area contributed by atoms with Crippen molar-refractivity contribution in [3.8, 4) is 11.1 Å². The number of primary amides is 1. The minimum atomic E-state index is -4.39. The maximum Gasteiger partial charge on any atom is 0.264 e. The van der Waals surface area contributed by atoms with Crippen LogP contribution in [0.5, 0.6) is 0 Å². The third kappa shape index (κ3) is 4.85. The largest absolute Gasteiger partial charge is 0.365 e. The van der Waals surface area contributed by atoms with Crippen molar-refractivity contribution in [3.05, 3.63) is 87.7 Å². The molecule has 1 amide bonds.